The van der Waals surface area contributed by atoms with Gasteiger partial charge in [0.05, 0.1) is 22.2 Å². The third-order valence-corrected chi connectivity index (χ3v) is 7.17. The number of benzene rings is 2. The first-order chi connectivity index (χ1) is 16.1. The van der Waals surface area contributed by atoms with Crippen molar-refractivity contribution >= 4 is 34.1 Å². The molecule has 1 atom stereocenters. The highest BCUT2D eigenvalue weighted by Crippen LogP contribution is 2.31. The standard InChI is InChI=1S/C26H22N4OS2/c1-3-23(24(31)30-26-29-22(16-32-26)18-7-5-4-6-8-18)33-25-20(15-27)13-14-21(28-25)19-11-9-17(2)10-12-19/h4-14,16,23H,3H2,1-2H3,(H,29,30,31). The molecule has 164 valence electrons. The molecule has 2 aromatic carbocycles. The van der Waals surface area contributed by atoms with E-state index in [1.165, 1.54) is 28.7 Å². The van der Waals surface area contributed by atoms with Gasteiger partial charge >= 0.3 is 0 Å². The van der Waals surface area contributed by atoms with Crippen molar-refractivity contribution in [3.05, 3.63) is 83.2 Å². The molecular formula is C26H22N4OS2. The van der Waals surface area contributed by atoms with Crippen LogP contribution in [0.1, 0.15) is 24.5 Å². The van der Waals surface area contributed by atoms with Gasteiger partial charge in [-0.3, -0.25) is 4.79 Å². The van der Waals surface area contributed by atoms with Crippen molar-refractivity contribution in [3.63, 3.8) is 0 Å². The van der Waals surface area contributed by atoms with E-state index in [-0.39, 0.29) is 5.91 Å². The summed E-state index contributed by atoms with van der Waals surface area (Å²) in [7, 11) is 0. The molecule has 0 aliphatic carbocycles. The summed E-state index contributed by atoms with van der Waals surface area (Å²) in [5.74, 6) is -0.150. The zero-order chi connectivity index (χ0) is 23.2. The highest BCUT2D eigenvalue weighted by atomic mass is 32.2. The number of nitrogens with one attached hydrogen (secondary N) is 1. The fourth-order valence-electron chi connectivity index (χ4n) is 3.22. The van der Waals surface area contributed by atoms with Crippen LogP contribution in [0.25, 0.3) is 22.5 Å². The molecule has 4 aromatic rings. The Morgan fingerprint density at radius 1 is 1.03 bits per heavy atom. The van der Waals surface area contributed by atoms with Crippen molar-refractivity contribution in [1.29, 1.82) is 5.26 Å². The van der Waals surface area contributed by atoms with E-state index >= 15 is 0 Å². The van der Waals surface area contributed by atoms with E-state index < -0.39 is 5.25 Å². The largest absolute Gasteiger partial charge is 0.301 e. The number of carbonyl (C=O) groups is 1. The average molecular weight is 471 g/mol. The van der Waals surface area contributed by atoms with Crippen LogP contribution >= 0.6 is 23.1 Å². The quantitative estimate of drug-likeness (QED) is 0.309. The molecular weight excluding hydrogens is 448 g/mol. The van der Waals surface area contributed by atoms with Crippen LogP contribution in [0.5, 0.6) is 0 Å². The van der Waals surface area contributed by atoms with Crippen molar-refractivity contribution in [1.82, 2.24) is 9.97 Å². The van der Waals surface area contributed by atoms with Crippen LogP contribution in [0.15, 0.2) is 77.1 Å². The predicted molar refractivity (Wildman–Crippen MR) is 135 cm³/mol. The van der Waals surface area contributed by atoms with Crippen LogP contribution in [0.4, 0.5) is 5.13 Å². The van der Waals surface area contributed by atoms with Crippen molar-refractivity contribution in [2.24, 2.45) is 0 Å². The van der Waals surface area contributed by atoms with E-state index in [0.29, 0.717) is 22.1 Å². The molecule has 5 nitrogen and oxygen atoms in total. The maximum atomic E-state index is 13.0. The van der Waals surface area contributed by atoms with Crippen LogP contribution in [-0.4, -0.2) is 21.1 Å². The van der Waals surface area contributed by atoms with E-state index in [1.807, 2.05) is 79.9 Å². The fourth-order valence-corrected chi connectivity index (χ4v) is 4.93. The smallest absolute Gasteiger partial charge is 0.239 e. The number of aromatic nitrogens is 2. The first kappa shape index (κ1) is 22.7. The number of amides is 1. The number of anilines is 1. The minimum atomic E-state index is -0.401. The van der Waals surface area contributed by atoms with Crippen molar-refractivity contribution in [3.8, 4) is 28.6 Å². The van der Waals surface area contributed by atoms with Crippen LogP contribution in [-0.2, 0) is 4.79 Å². The Balaban J connectivity index is 1.52. The van der Waals surface area contributed by atoms with Gasteiger partial charge in [0.15, 0.2) is 5.13 Å². The molecule has 33 heavy (non-hydrogen) atoms. The van der Waals surface area contributed by atoms with Gasteiger partial charge in [0.1, 0.15) is 11.1 Å². The molecule has 0 radical (unpaired) electrons. The lowest BCUT2D eigenvalue weighted by Gasteiger charge is -2.14. The molecule has 2 heterocycles. The molecule has 1 unspecified atom stereocenters. The van der Waals surface area contributed by atoms with Gasteiger partial charge in [-0.05, 0) is 25.5 Å². The molecule has 0 aliphatic rings. The number of carbonyl (C=O) groups excluding carboxylic acids is 1. The lowest BCUT2D eigenvalue weighted by atomic mass is 10.1. The second-order valence-electron chi connectivity index (χ2n) is 7.43. The summed E-state index contributed by atoms with van der Waals surface area (Å²) in [4.78, 5) is 22.3. The summed E-state index contributed by atoms with van der Waals surface area (Å²) >= 11 is 2.71. The number of thioether (sulfide) groups is 1. The van der Waals surface area contributed by atoms with Crippen LogP contribution in [0, 0.1) is 18.3 Å². The fraction of sp³-hybridized carbons (Fsp3) is 0.154. The number of pyridine rings is 1. The number of rotatable bonds is 7. The Hall–Kier alpha value is -3.47. The summed E-state index contributed by atoms with van der Waals surface area (Å²) in [5.41, 5.74) is 5.21. The molecule has 0 bridgehead atoms. The Kier molecular flexibility index (Phi) is 7.18. The summed E-state index contributed by atoms with van der Waals surface area (Å²) < 4.78 is 0. The van der Waals surface area contributed by atoms with Gasteiger partial charge in [-0.2, -0.15) is 5.26 Å². The summed E-state index contributed by atoms with van der Waals surface area (Å²) in [5, 5.41) is 15.1. The van der Waals surface area contributed by atoms with E-state index in [0.717, 1.165) is 22.5 Å². The molecule has 1 N–H and O–H groups in total. The van der Waals surface area contributed by atoms with E-state index in [2.05, 4.69) is 16.4 Å². The molecule has 0 saturated carbocycles. The molecule has 4 rings (SSSR count). The minimum Gasteiger partial charge on any atom is -0.301 e. The van der Waals surface area contributed by atoms with Gasteiger partial charge in [-0.25, -0.2) is 9.97 Å². The molecule has 0 aliphatic heterocycles. The normalized spacial score (nSPS) is 11.5. The van der Waals surface area contributed by atoms with E-state index in [4.69, 9.17) is 4.98 Å². The van der Waals surface area contributed by atoms with Gasteiger partial charge in [0.2, 0.25) is 5.91 Å². The van der Waals surface area contributed by atoms with Crippen molar-refractivity contribution in [2.75, 3.05) is 5.32 Å². The van der Waals surface area contributed by atoms with Gasteiger partial charge in [0.25, 0.3) is 0 Å². The average Bonchev–Trinajstić information content (AvgIpc) is 3.31. The number of hydrogen-bond donors (Lipinski definition) is 1. The second-order valence-corrected chi connectivity index (χ2v) is 9.48. The zero-order valence-corrected chi connectivity index (χ0v) is 19.9. The van der Waals surface area contributed by atoms with Crippen LogP contribution in [0.2, 0.25) is 0 Å². The highest BCUT2D eigenvalue weighted by Gasteiger charge is 2.22. The van der Waals surface area contributed by atoms with Gasteiger partial charge in [-0.15, -0.1) is 11.3 Å². The first-order valence-corrected chi connectivity index (χ1v) is 12.3. The van der Waals surface area contributed by atoms with Crippen molar-refractivity contribution < 1.29 is 4.79 Å². The molecule has 1 amide bonds. The summed E-state index contributed by atoms with van der Waals surface area (Å²) in [6.45, 7) is 3.98. The van der Waals surface area contributed by atoms with Crippen LogP contribution < -0.4 is 5.32 Å². The number of nitriles is 1. The number of hydrogen-bond acceptors (Lipinski definition) is 6. The minimum absolute atomic E-state index is 0.150. The maximum absolute atomic E-state index is 13.0. The lowest BCUT2D eigenvalue weighted by Crippen LogP contribution is -2.24. The monoisotopic (exact) mass is 470 g/mol. The number of nitrogens with zero attached hydrogens (tertiary/aromatic N) is 3. The molecule has 7 heteroatoms. The van der Waals surface area contributed by atoms with Crippen molar-refractivity contribution in [2.45, 2.75) is 30.5 Å². The third kappa shape index (κ3) is 5.48. The SMILES string of the molecule is CCC(Sc1nc(-c2ccc(C)cc2)ccc1C#N)C(=O)Nc1nc(-c2ccccc2)cs1. The van der Waals surface area contributed by atoms with Gasteiger partial charge < -0.3 is 5.32 Å². The summed E-state index contributed by atoms with van der Waals surface area (Å²) in [6, 6.07) is 23.7. The molecule has 0 saturated heterocycles. The number of thiazole rings is 1. The lowest BCUT2D eigenvalue weighted by molar-refractivity contribution is -0.115. The molecule has 0 fully saturated rings. The Bertz CT molecular complexity index is 1290. The topological polar surface area (TPSA) is 78.7 Å². The van der Waals surface area contributed by atoms with Crippen LogP contribution in [0.3, 0.4) is 0 Å². The maximum Gasteiger partial charge on any atom is 0.239 e. The Morgan fingerprint density at radius 3 is 2.45 bits per heavy atom. The van der Waals surface area contributed by atoms with E-state index in [1.54, 1.807) is 6.07 Å². The second kappa shape index (κ2) is 10.4. The molecule has 2 aromatic heterocycles. The third-order valence-electron chi connectivity index (χ3n) is 5.05. The first-order valence-electron chi connectivity index (χ1n) is 10.5. The molecule has 0 spiro atoms. The van der Waals surface area contributed by atoms with Gasteiger partial charge in [0, 0.05) is 16.5 Å². The Labute approximate surface area is 201 Å². The van der Waals surface area contributed by atoms with E-state index in [9.17, 15) is 10.1 Å². The summed E-state index contributed by atoms with van der Waals surface area (Å²) in [6.07, 6.45) is 0.592. The van der Waals surface area contributed by atoms with Gasteiger partial charge in [-0.1, -0.05) is 78.8 Å². The Morgan fingerprint density at radius 2 is 1.76 bits per heavy atom. The number of aryl methyl sites for hydroxylation is 1. The predicted octanol–water partition coefficient (Wildman–Crippen LogP) is 6.56. The zero-order valence-electron chi connectivity index (χ0n) is 18.3. The highest BCUT2D eigenvalue weighted by molar-refractivity contribution is 8.00.